The number of amides is 1. The molecule has 0 fully saturated rings. The molecule has 0 saturated heterocycles. The van der Waals surface area contributed by atoms with Gasteiger partial charge in [0.2, 0.25) is 0 Å². The van der Waals surface area contributed by atoms with Crippen molar-refractivity contribution in [3.05, 3.63) is 325 Å². The quantitative estimate of drug-likeness (QED) is 0.0250. The van der Waals surface area contributed by atoms with Crippen LogP contribution in [0.3, 0.4) is 0 Å². The van der Waals surface area contributed by atoms with Crippen LogP contribution in [0.15, 0.2) is 214 Å². The number of aromatic carboxylic acids is 1. The zero-order valence-electron chi connectivity index (χ0n) is 74.5. The fraction of sp³-hybridized carbons (Fsp3) is 0.137. The van der Waals surface area contributed by atoms with Crippen molar-refractivity contribution in [2.75, 3.05) is 26.6 Å². The highest BCUT2D eigenvalue weighted by Crippen LogP contribution is 2.36. The van der Waals surface area contributed by atoms with E-state index < -0.39 is 11.9 Å². The third-order valence-electron chi connectivity index (χ3n) is 21.4. The first-order valence-electron chi connectivity index (χ1n) is 42.6. The van der Waals surface area contributed by atoms with Crippen LogP contribution < -0.4 is 32.3 Å². The van der Waals surface area contributed by atoms with Crippen molar-refractivity contribution in [1.82, 2.24) is 125 Å². The number of H-pyrrole nitrogens is 5. The molecule has 0 saturated carbocycles. The molecule has 0 aliphatic heterocycles. The molecule has 20 aromatic rings. The Hall–Kier alpha value is -16.4. The number of carbonyl (C=O) groups is 2. The molecule has 15 N–H and O–H groups in total. The van der Waals surface area contributed by atoms with Crippen molar-refractivity contribution < 1.29 is 46.9 Å². The lowest BCUT2D eigenvalue weighted by atomic mass is 10.1. The standard InChI is InChI=1S/C19H15ClFN7O.C19H14ClFN6O2.2C19H16ClFN6O.C19H16ClFN6/c1-9(10-2-4-11(21)5-3-10)26-18-13(16(22)29)7-23-17(28-18)12-6-24-19-15(12)27-14(20)8-25-19;1-9(10-2-4-11(21)5-3-10)24-15-6-13(19(28)29)25-17(27-15)12-7-22-18-16(12)26-14(20)8-23-18;1-10(11-2-4-13(21)5-3-11)25-17-12(9-28)6-22-18(27-17)14-7-23-19-16(14)26-15(20)8-24-19;1-10(11-2-4-12(21)5-3-11)24-16-6-13(9-28)25-18(27-16)14-7-22-19-17(14)26-15(20)8-23-19;1-10-7-16(25-11(2)12-3-5-13(21)6-4-12)27-18(24-10)14-8-22-19-17(14)26-15(20)9-23-19/h2-9H,1H3,(H2,22,29)(H,24,25)(H,23,26,28);2-9H,1H3,(H,22,23)(H,28,29)(H,24,25,27);2-8,10,28H,9H2,1H3,(H,23,24)(H,22,25,27);2-8,10,28H,9H2,1H3,(H,22,23)(H,24,25,27);3-9,11H,1-2H3,(H,22,23)(H,24,25,27)/t2*9-;2*10-;11-/m00000/s1. The number of fused-ring (bicyclic) bond motifs is 5. The van der Waals surface area contributed by atoms with E-state index in [4.69, 9.17) is 63.7 Å². The average Bonchev–Trinajstić information content (AvgIpc) is 1.69. The number of hydrogen-bond donors (Lipinski definition) is 14. The lowest BCUT2D eigenvalue weighted by Crippen LogP contribution is -2.18. The minimum atomic E-state index is -1.20. The average molecular weight is 2010 g/mol. The summed E-state index contributed by atoms with van der Waals surface area (Å²) in [5.74, 6) is 0.612. The van der Waals surface area contributed by atoms with Crippen LogP contribution in [-0.4, -0.2) is 152 Å². The third-order valence-corrected chi connectivity index (χ3v) is 22.4. The van der Waals surface area contributed by atoms with E-state index in [9.17, 15) is 46.9 Å². The van der Waals surface area contributed by atoms with Crippen LogP contribution in [0.1, 0.15) is 130 Å². The van der Waals surface area contributed by atoms with E-state index in [-0.39, 0.29) is 116 Å². The van der Waals surface area contributed by atoms with Crippen LogP contribution in [0.2, 0.25) is 25.8 Å². The summed E-state index contributed by atoms with van der Waals surface area (Å²) in [5.41, 5.74) is 20.0. The summed E-state index contributed by atoms with van der Waals surface area (Å²) in [6.45, 7) is 11.0. The number of aromatic nitrogens is 25. The predicted octanol–water partition coefficient (Wildman–Crippen LogP) is 20.0. The summed E-state index contributed by atoms with van der Waals surface area (Å²) in [7, 11) is 0. The molecular formula is C95H77Cl5F5N31O5. The first-order chi connectivity index (χ1) is 67.9. The molecule has 15 aromatic heterocycles. The number of carboxylic acid groups (broad SMARTS) is 1. The number of carbonyl (C=O) groups excluding carboxylic acids is 1. The molecule has 0 aliphatic carbocycles. The fourth-order valence-electron chi connectivity index (χ4n) is 14.3. The maximum atomic E-state index is 13.2. The zero-order chi connectivity index (χ0) is 99.4. The summed E-state index contributed by atoms with van der Waals surface area (Å²) >= 11 is 29.8. The van der Waals surface area contributed by atoms with Crippen LogP contribution >= 0.6 is 58.0 Å². The SMILES string of the molecule is C[C@H](Nc1cc(C(=O)O)nc(-c2c[nH]c3ncc(Cl)nc23)n1)c1ccc(F)cc1.C[C@H](Nc1cc(CO)nc(-c2c[nH]c3ncc(Cl)nc23)n1)c1ccc(F)cc1.C[C@H](Nc1nc(-c2c[nH]c3ncc(Cl)nc23)ncc1C(N)=O)c1ccc(F)cc1.C[C@H](Nc1nc(-c2c[nH]c3ncc(Cl)nc23)ncc1CO)c1ccc(F)cc1.Cc1cc(N[C@@H](C)c2ccc(F)cc2)nc(-c2c[nH]c3ncc(Cl)nc23)n1. The van der Waals surface area contributed by atoms with E-state index in [1.165, 1.54) is 104 Å². The van der Waals surface area contributed by atoms with Gasteiger partial charge in [0.1, 0.15) is 112 Å². The summed E-state index contributed by atoms with van der Waals surface area (Å²) in [5, 5.41) is 46.1. The molecule has 0 bridgehead atoms. The maximum Gasteiger partial charge on any atom is 0.354 e. The van der Waals surface area contributed by atoms with Gasteiger partial charge in [-0.25, -0.2) is 126 Å². The smallest absolute Gasteiger partial charge is 0.354 e. The number of aromatic amines is 5. The van der Waals surface area contributed by atoms with Gasteiger partial charge >= 0.3 is 5.97 Å². The van der Waals surface area contributed by atoms with Crippen molar-refractivity contribution in [2.24, 2.45) is 5.73 Å². The minimum Gasteiger partial charge on any atom is -0.477 e. The Morgan fingerprint density at radius 3 is 0.957 bits per heavy atom. The Balaban J connectivity index is 0.000000127. The molecule has 5 aromatic carbocycles. The van der Waals surface area contributed by atoms with Gasteiger partial charge in [-0.15, -0.1) is 0 Å². The van der Waals surface area contributed by atoms with E-state index >= 15 is 0 Å². The van der Waals surface area contributed by atoms with E-state index in [0.717, 1.165) is 39.1 Å². The molecule has 46 heteroatoms. The number of aryl methyl sites for hydroxylation is 1. The Labute approximate surface area is 820 Å². The van der Waals surface area contributed by atoms with Crippen LogP contribution in [0.25, 0.3) is 113 Å². The van der Waals surface area contributed by atoms with E-state index in [1.807, 2.05) is 47.6 Å². The van der Waals surface area contributed by atoms with Crippen LogP contribution in [0.4, 0.5) is 51.0 Å². The third kappa shape index (κ3) is 23.7. The lowest BCUT2D eigenvalue weighted by molar-refractivity contribution is 0.0690. The highest BCUT2D eigenvalue weighted by atomic mass is 35.5. The predicted molar refractivity (Wildman–Crippen MR) is 524 cm³/mol. The van der Waals surface area contributed by atoms with Crippen LogP contribution in [-0.2, 0) is 13.2 Å². The number of nitrogens with two attached hydrogens (primary N) is 1. The number of aliphatic hydroxyl groups excluding tert-OH is 2. The first kappa shape index (κ1) is 97.6. The largest absolute Gasteiger partial charge is 0.477 e. The maximum absolute atomic E-state index is 13.2. The number of benzene rings is 5. The second-order valence-electron chi connectivity index (χ2n) is 31.3. The van der Waals surface area contributed by atoms with Gasteiger partial charge in [0.15, 0.2) is 63.1 Å². The number of hydrogen-bond acceptors (Lipinski definition) is 29. The molecule has 712 valence electrons. The van der Waals surface area contributed by atoms with Crippen LogP contribution in [0.5, 0.6) is 0 Å². The molecule has 15 heterocycles. The highest BCUT2D eigenvalue weighted by molar-refractivity contribution is 6.31. The number of nitrogens with zero attached hydrogens (tertiary/aromatic N) is 20. The molecule has 5 atom stereocenters. The highest BCUT2D eigenvalue weighted by Gasteiger charge is 2.25. The Kier molecular flexibility index (Phi) is 30.1. The fourth-order valence-corrected chi connectivity index (χ4v) is 15.0. The first-order valence-corrected chi connectivity index (χ1v) is 44.5. The van der Waals surface area contributed by atoms with E-state index in [1.54, 1.807) is 104 Å². The van der Waals surface area contributed by atoms with Gasteiger partial charge in [-0.2, -0.15) is 0 Å². The summed E-state index contributed by atoms with van der Waals surface area (Å²) in [6.07, 6.45) is 18.6. The normalized spacial score (nSPS) is 12.2. The van der Waals surface area contributed by atoms with E-state index in [2.05, 4.69) is 151 Å². The molecule has 141 heavy (non-hydrogen) atoms. The lowest BCUT2D eigenvalue weighted by Gasteiger charge is -2.17. The van der Waals surface area contributed by atoms with Crippen molar-refractivity contribution >= 4 is 155 Å². The number of carboxylic acids is 1. The van der Waals surface area contributed by atoms with Gasteiger partial charge in [0.05, 0.1) is 83.3 Å². The van der Waals surface area contributed by atoms with Gasteiger partial charge in [-0.3, -0.25) is 4.79 Å². The number of aliphatic hydroxyl groups is 2. The minimum absolute atomic E-state index is 0.0510. The van der Waals surface area contributed by atoms with Crippen molar-refractivity contribution in [3.8, 4) is 56.9 Å². The molecule has 0 radical (unpaired) electrons. The van der Waals surface area contributed by atoms with Gasteiger partial charge in [0.25, 0.3) is 5.91 Å². The Morgan fingerprint density at radius 1 is 0.340 bits per heavy atom. The molecule has 20 rings (SSSR count). The monoisotopic (exact) mass is 2000 g/mol. The number of halogens is 10. The summed E-state index contributed by atoms with van der Waals surface area (Å²) in [4.78, 5) is 125. The van der Waals surface area contributed by atoms with Crippen molar-refractivity contribution in [1.29, 1.82) is 0 Å². The molecule has 36 nitrogen and oxygen atoms in total. The van der Waals surface area contributed by atoms with Crippen molar-refractivity contribution in [3.63, 3.8) is 0 Å². The zero-order valence-corrected chi connectivity index (χ0v) is 78.2. The number of rotatable bonds is 24. The van der Waals surface area contributed by atoms with Gasteiger partial charge in [-0.05, 0) is 130 Å². The van der Waals surface area contributed by atoms with Crippen molar-refractivity contribution in [2.45, 2.75) is 85.0 Å². The van der Waals surface area contributed by atoms with Gasteiger partial charge < -0.3 is 72.6 Å². The Bertz CT molecular complexity index is 7940. The Morgan fingerprint density at radius 2 is 0.631 bits per heavy atom. The number of primary amides is 1. The summed E-state index contributed by atoms with van der Waals surface area (Å²) in [6, 6.07) is 34.8. The summed E-state index contributed by atoms with van der Waals surface area (Å²) < 4.78 is 65.8. The van der Waals surface area contributed by atoms with Crippen LogP contribution in [0, 0.1) is 36.0 Å². The molecular weight excluding hydrogens is 1930 g/mol. The molecule has 0 unspecified atom stereocenters. The molecule has 0 aliphatic rings. The number of nitrogens with one attached hydrogen (secondary N) is 10. The topological polar surface area (TPSA) is 518 Å². The van der Waals surface area contributed by atoms with E-state index in [0.29, 0.717) is 141 Å². The van der Waals surface area contributed by atoms with Gasteiger partial charge in [-0.1, -0.05) is 119 Å². The van der Waals surface area contributed by atoms with Gasteiger partial charge in [0, 0.05) is 103 Å². The molecule has 1 amide bonds. The second kappa shape index (κ2) is 43.5. The number of anilines is 5. The second-order valence-corrected chi connectivity index (χ2v) is 33.2. The molecule has 0 spiro atoms.